The molecule has 0 saturated heterocycles. The van der Waals surface area contributed by atoms with Gasteiger partial charge in [-0.05, 0) is 58.1 Å². The number of hydrogen-bond donors (Lipinski definition) is 2. The summed E-state index contributed by atoms with van der Waals surface area (Å²) in [5.41, 5.74) is 7.57. The number of rotatable bonds is 6. The molecule has 3 N–H and O–H groups in total. The maximum atomic E-state index is 5.62. The van der Waals surface area contributed by atoms with Crippen LogP contribution in [-0.4, -0.2) is 31.1 Å². The second-order valence-electron chi connectivity index (χ2n) is 4.48. The monoisotopic (exact) mass is 221 g/mol. The molecule has 0 amide bonds. The summed E-state index contributed by atoms with van der Waals surface area (Å²) in [5.74, 6) is 0. The van der Waals surface area contributed by atoms with Crippen LogP contribution < -0.4 is 11.1 Å². The van der Waals surface area contributed by atoms with Gasteiger partial charge in [-0.3, -0.25) is 0 Å². The average molecular weight is 221 g/mol. The van der Waals surface area contributed by atoms with Crippen LogP contribution in [0.5, 0.6) is 0 Å². The lowest BCUT2D eigenvalue weighted by Gasteiger charge is -2.20. The van der Waals surface area contributed by atoms with Crippen molar-refractivity contribution in [1.29, 1.82) is 0 Å². The van der Waals surface area contributed by atoms with E-state index in [9.17, 15) is 0 Å². The van der Waals surface area contributed by atoms with E-state index in [0.29, 0.717) is 6.04 Å². The molecule has 1 rings (SSSR count). The highest BCUT2D eigenvalue weighted by Gasteiger charge is 2.01. The van der Waals surface area contributed by atoms with Crippen LogP contribution >= 0.6 is 0 Å². The molecule has 0 aliphatic carbocycles. The van der Waals surface area contributed by atoms with Gasteiger partial charge in [-0.1, -0.05) is 0 Å². The van der Waals surface area contributed by atoms with Gasteiger partial charge >= 0.3 is 0 Å². The Morgan fingerprint density at radius 2 is 1.88 bits per heavy atom. The molecule has 0 aliphatic heterocycles. The first-order chi connectivity index (χ1) is 7.59. The Bertz CT molecular complexity index is 293. The van der Waals surface area contributed by atoms with Gasteiger partial charge in [-0.15, -0.1) is 0 Å². The van der Waals surface area contributed by atoms with E-state index < -0.39 is 0 Å². The highest BCUT2D eigenvalue weighted by atomic mass is 15.1. The van der Waals surface area contributed by atoms with Crippen LogP contribution in [0.1, 0.15) is 20.3 Å². The van der Waals surface area contributed by atoms with Crippen molar-refractivity contribution in [1.82, 2.24) is 4.90 Å². The van der Waals surface area contributed by atoms with E-state index in [1.165, 1.54) is 0 Å². The Hall–Kier alpha value is -1.22. The summed E-state index contributed by atoms with van der Waals surface area (Å²) in [6, 6.07) is 8.49. The molecule has 0 aliphatic rings. The molecule has 0 radical (unpaired) electrons. The van der Waals surface area contributed by atoms with Gasteiger partial charge in [0.25, 0.3) is 0 Å². The molecule has 0 spiro atoms. The zero-order valence-corrected chi connectivity index (χ0v) is 10.5. The molecule has 0 bridgehead atoms. The van der Waals surface area contributed by atoms with Crippen molar-refractivity contribution in [3.05, 3.63) is 24.3 Å². The highest BCUT2D eigenvalue weighted by molar-refractivity contribution is 5.51. The second-order valence-corrected chi connectivity index (χ2v) is 4.48. The molecule has 0 unspecified atom stereocenters. The fourth-order valence-electron chi connectivity index (χ4n) is 1.42. The molecular weight excluding hydrogens is 198 g/mol. The van der Waals surface area contributed by atoms with Crippen molar-refractivity contribution in [2.45, 2.75) is 26.3 Å². The number of anilines is 2. The van der Waals surface area contributed by atoms with E-state index >= 15 is 0 Å². The Kier molecular flexibility index (Phi) is 5.12. The predicted octanol–water partition coefficient (Wildman–Crippen LogP) is 2.41. The third-order valence-electron chi connectivity index (χ3n) is 2.81. The van der Waals surface area contributed by atoms with Gasteiger partial charge in [-0.2, -0.15) is 0 Å². The summed E-state index contributed by atoms with van der Waals surface area (Å²) in [4.78, 5) is 2.35. The Balaban J connectivity index is 2.18. The zero-order valence-electron chi connectivity index (χ0n) is 10.5. The lowest BCUT2D eigenvalue weighted by Crippen LogP contribution is -2.28. The van der Waals surface area contributed by atoms with Crippen molar-refractivity contribution >= 4 is 11.4 Å². The van der Waals surface area contributed by atoms with Gasteiger partial charge in [0.2, 0.25) is 0 Å². The molecule has 0 saturated carbocycles. The number of nitrogens with zero attached hydrogens (tertiary/aromatic N) is 1. The first-order valence-corrected chi connectivity index (χ1v) is 5.89. The van der Waals surface area contributed by atoms with Gasteiger partial charge in [0.15, 0.2) is 0 Å². The number of benzene rings is 1. The van der Waals surface area contributed by atoms with E-state index in [2.05, 4.69) is 31.1 Å². The summed E-state index contributed by atoms with van der Waals surface area (Å²) in [6.45, 7) is 6.56. The molecule has 90 valence electrons. The summed E-state index contributed by atoms with van der Waals surface area (Å²) in [7, 11) is 2.16. The van der Waals surface area contributed by atoms with Gasteiger partial charge in [-0.25, -0.2) is 0 Å². The Morgan fingerprint density at radius 1 is 1.25 bits per heavy atom. The normalized spacial score (nSPS) is 11.1. The SMILES string of the molecule is CC(C)N(C)CCCNc1ccc(N)cc1. The Morgan fingerprint density at radius 3 is 2.44 bits per heavy atom. The summed E-state index contributed by atoms with van der Waals surface area (Å²) < 4.78 is 0. The van der Waals surface area contributed by atoms with Gasteiger partial charge < -0.3 is 16.0 Å². The molecule has 0 atom stereocenters. The first kappa shape index (κ1) is 12.8. The van der Waals surface area contributed by atoms with E-state index in [0.717, 1.165) is 30.9 Å². The minimum absolute atomic E-state index is 0.622. The summed E-state index contributed by atoms with van der Waals surface area (Å²) in [6.07, 6.45) is 1.15. The predicted molar refractivity (Wildman–Crippen MR) is 71.7 cm³/mol. The summed E-state index contributed by atoms with van der Waals surface area (Å²) in [5, 5.41) is 3.38. The fourth-order valence-corrected chi connectivity index (χ4v) is 1.42. The van der Waals surface area contributed by atoms with Crippen LogP contribution in [0.4, 0.5) is 11.4 Å². The molecule has 1 aromatic carbocycles. The molecule has 3 heteroatoms. The van der Waals surface area contributed by atoms with Crippen LogP contribution in [0.25, 0.3) is 0 Å². The van der Waals surface area contributed by atoms with E-state index in [1.54, 1.807) is 0 Å². The average Bonchev–Trinajstić information content (AvgIpc) is 2.26. The minimum Gasteiger partial charge on any atom is -0.399 e. The Labute approximate surface area is 98.6 Å². The smallest absolute Gasteiger partial charge is 0.0341 e. The van der Waals surface area contributed by atoms with Gasteiger partial charge in [0.05, 0.1) is 0 Å². The van der Waals surface area contributed by atoms with Crippen LogP contribution in [0.3, 0.4) is 0 Å². The molecular formula is C13H23N3. The van der Waals surface area contributed by atoms with Gasteiger partial charge in [0, 0.05) is 24.0 Å². The van der Waals surface area contributed by atoms with E-state index in [-0.39, 0.29) is 0 Å². The third-order valence-corrected chi connectivity index (χ3v) is 2.81. The van der Waals surface area contributed by atoms with Crippen molar-refractivity contribution in [3.8, 4) is 0 Å². The van der Waals surface area contributed by atoms with Crippen molar-refractivity contribution in [3.63, 3.8) is 0 Å². The van der Waals surface area contributed by atoms with Crippen LogP contribution in [0, 0.1) is 0 Å². The molecule has 3 nitrogen and oxygen atoms in total. The summed E-state index contributed by atoms with van der Waals surface area (Å²) >= 11 is 0. The quantitative estimate of drug-likeness (QED) is 0.572. The standard InChI is InChI=1S/C13H23N3/c1-11(2)16(3)10-4-9-15-13-7-5-12(14)6-8-13/h5-8,11,15H,4,9-10,14H2,1-3H3. The topological polar surface area (TPSA) is 41.3 Å². The third kappa shape index (κ3) is 4.53. The van der Waals surface area contributed by atoms with E-state index in [4.69, 9.17) is 5.73 Å². The van der Waals surface area contributed by atoms with Gasteiger partial charge in [0.1, 0.15) is 0 Å². The number of hydrogen-bond acceptors (Lipinski definition) is 3. The fraction of sp³-hybridized carbons (Fsp3) is 0.538. The molecule has 16 heavy (non-hydrogen) atoms. The minimum atomic E-state index is 0.622. The lowest BCUT2D eigenvalue weighted by atomic mass is 10.2. The first-order valence-electron chi connectivity index (χ1n) is 5.89. The molecule has 0 heterocycles. The second kappa shape index (κ2) is 6.38. The largest absolute Gasteiger partial charge is 0.399 e. The maximum absolute atomic E-state index is 5.62. The van der Waals surface area contributed by atoms with Crippen molar-refractivity contribution < 1.29 is 0 Å². The van der Waals surface area contributed by atoms with Crippen LogP contribution in [0.2, 0.25) is 0 Å². The number of nitrogens with two attached hydrogens (primary N) is 1. The molecule has 0 aromatic heterocycles. The van der Waals surface area contributed by atoms with Crippen LogP contribution in [-0.2, 0) is 0 Å². The lowest BCUT2D eigenvalue weighted by molar-refractivity contribution is 0.273. The zero-order chi connectivity index (χ0) is 12.0. The maximum Gasteiger partial charge on any atom is 0.0341 e. The molecule has 1 aromatic rings. The molecule has 0 fully saturated rings. The number of nitrogens with one attached hydrogen (secondary N) is 1. The van der Waals surface area contributed by atoms with Crippen molar-refractivity contribution in [2.75, 3.05) is 31.2 Å². The van der Waals surface area contributed by atoms with Crippen LogP contribution in [0.15, 0.2) is 24.3 Å². The van der Waals surface area contributed by atoms with Crippen molar-refractivity contribution in [2.24, 2.45) is 0 Å². The van der Waals surface area contributed by atoms with E-state index in [1.807, 2.05) is 24.3 Å². The number of nitrogen functional groups attached to an aromatic ring is 1. The highest BCUT2D eigenvalue weighted by Crippen LogP contribution is 2.10.